The highest BCUT2D eigenvalue weighted by Crippen LogP contribution is 2.33. The van der Waals surface area contributed by atoms with Crippen LogP contribution in [0.25, 0.3) is 0 Å². The number of nitrogens with one attached hydrogen (secondary N) is 1. The van der Waals surface area contributed by atoms with Crippen LogP contribution in [0.1, 0.15) is 0 Å². The molecule has 0 radical (unpaired) electrons. The van der Waals surface area contributed by atoms with Crippen LogP contribution in [-0.4, -0.2) is 6.54 Å². The molecule has 0 fully saturated rings. The van der Waals surface area contributed by atoms with Gasteiger partial charge in [0.2, 0.25) is 0 Å². The van der Waals surface area contributed by atoms with Crippen LogP contribution in [0.2, 0.25) is 5.02 Å². The van der Waals surface area contributed by atoms with E-state index in [0.717, 1.165) is 0 Å². The van der Waals surface area contributed by atoms with Gasteiger partial charge in [0.05, 0.1) is 17.1 Å². The average molecular weight is 216 g/mol. The third-order valence-corrected chi connectivity index (χ3v) is 2.07. The fraction of sp³-hybridized carbons (Fsp3) is 0.111. The Morgan fingerprint density at radius 3 is 2.71 bits per heavy atom. The van der Waals surface area contributed by atoms with Gasteiger partial charge >= 0.3 is 0 Å². The number of anilines is 3. The summed E-state index contributed by atoms with van der Waals surface area (Å²) in [6, 6.07) is 1.41. The third-order valence-electron chi connectivity index (χ3n) is 1.69. The molecule has 1 aromatic rings. The predicted molar refractivity (Wildman–Crippen MR) is 58.9 cm³/mol. The van der Waals surface area contributed by atoms with Crippen LogP contribution in [-0.2, 0) is 0 Å². The number of rotatable bonds is 3. The summed E-state index contributed by atoms with van der Waals surface area (Å²) >= 11 is 5.61. The van der Waals surface area contributed by atoms with Crippen molar-refractivity contribution in [2.45, 2.75) is 0 Å². The zero-order valence-electron chi connectivity index (χ0n) is 7.48. The van der Waals surface area contributed by atoms with E-state index in [4.69, 9.17) is 23.1 Å². The molecule has 1 rings (SSSR count). The van der Waals surface area contributed by atoms with Crippen LogP contribution in [0.4, 0.5) is 21.5 Å². The van der Waals surface area contributed by atoms with Gasteiger partial charge in [-0.15, -0.1) is 6.58 Å². The van der Waals surface area contributed by atoms with E-state index >= 15 is 0 Å². The molecule has 0 saturated heterocycles. The second-order valence-electron chi connectivity index (χ2n) is 2.73. The monoisotopic (exact) mass is 215 g/mol. The van der Waals surface area contributed by atoms with Gasteiger partial charge in [-0.25, -0.2) is 4.39 Å². The van der Waals surface area contributed by atoms with Crippen molar-refractivity contribution in [2.75, 3.05) is 23.3 Å². The predicted octanol–water partition coefficient (Wildman–Crippen LogP) is 2.24. The normalized spacial score (nSPS) is 9.86. The Labute approximate surface area is 86.5 Å². The second kappa shape index (κ2) is 4.19. The summed E-state index contributed by atoms with van der Waals surface area (Å²) in [5.74, 6) is -0.633. The lowest BCUT2D eigenvalue weighted by molar-refractivity contribution is 0.632. The van der Waals surface area contributed by atoms with Gasteiger partial charge in [0.25, 0.3) is 0 Å². The maximum atomic E-state index is 13.5. The van der Waals surface area contributed by atoms with E-state index < -0.39 is 5.82 Å². The van der Waals surface area contributed by atoms with Gasteiger partial charge in [0, 0.05) is 6.54 Å². The van der Waals surface area contributed by atoms with Crippen molar-refractivity contribution in [3.05, 3.63) is 29.6 Å². The van der Waals surface area contributed by atoms with E-state index in [1.807, 2.05) is 0 Å². The molecular formula is C9H11ClFN3. The lowest BCUT2D eigenvalue weighted by Crippen LogP contribution is -2.06. The fourth-order valence-electron chi connectivity index (χ4n) is 1.02. The zero-order chi connectivity index (χ0) is 10.7. The lowest BCUT2D eigenvalue weighted by atomic mass is 10.2. The summed E-state index contributed by atoms with van der Waals surface area (Å²) in [5.41, 5.74) is 11.5. The summed E-state index contributed by atoms with van der Waals surface area (Å²) in [4.78, 5) is 0. The molecule has 76 valence electrons. The van der Waals surface area contributed by atoms with Gasteiger partial charge in [-0.3, -0.25) is 0 Å². The summed E-state index contributed by atoms with van der Waals surface area (Å²) in [6.45, 7) is 3.90. The van der Waals surface area contributed by atoms with E-state index in [2.05, 4.69) is 11.9 Å². The van der Waals surface area contributed by atoms with Crippen molar-refractivity contribution in [2.24, 2.45) is 0 Å². The standard InChI is InChI=1S/C9H11ClFN3/c1-2-3-14-9-6(13)4-5(12)7(10)8(9)11/h2,4,14H,1,3,12-13H2. The van der Waals surface area contributed by atoms with E-state index in [0.29, 0.717) is 6.54 Å². The summed E-state index contributed by atoms with van der Waals surface area (Å²) in [5, 5.41) is 2.62. The number of nitrogen functional groups attached to an aromatic ring is 2. The molecule has 0 aliphatic carbocycles. The molecule has 0 aromatic heterocycles. The molecule has 0 heterocycles. The molecule has 0 bridgehead atoms. The first-order chi connectivity index (χ1) is 6.57. The summed E-state index contributed by atoms with van der Waals surface area (Å²) < 4.78 is 13.5. The minimum absolute atomic E-state index is 0.120. The third kappa shape index (κ3) is 1.90. The van der Waals surface area contributed by atoms with Crippen molar-refractivity contribution in [1.29, 1.82) is 0 Å². The number of halogens is 2. The quantitative estimate of drug-likeness (QED) is 0.535. The first-order valence-electron chi connectivity index (χ1n) is 3.95. The Kier molecular flexibility index (Phi) is 3.19. The van der Waals surface area contributed by atoms with Gasteiger partial charge in [-0.05, 0) is 6.07 Å². The molecule has 1 aromatic carbocycles. The molecule has 0 atom stereocenters. The van der Waals surface area contributed by atoms with Crippen LogP contribution < -0.4 is 16.8 Å². The molecule has 0 saturated carbocycles. The largest absolute Gasteiger partial charge is 0.397 e. The highest BCUT2D eigenvalue weighted by Gasteiger charge is 2.13. The molecular weight excluding hydrogens is 205 g/mol. The second-order valence-corrected chi connectivity index (χ2v) is 3.11. The first kappa shape index (κ1) is 10.7. The van der Waals surface area contributed by atoms with Crippen LogP contribution in [0.3, 0.4) is 0 Å². The highest BCUT2D eigenvalue weighted by atomic mass is 35.5. The first-order valence-corrected chi connectivity index (χ1v) is 4.33. The molecule has 0 amide bonds. The minimum Gasteiger partial charge on any atom is -0.397 e. The van der Waals surface area contributed by atoms with Crippen molar-refractivity contribution in [3.8, 4) is 0 Å². The number of hydrogen-bond donors (Lipinski definition) is 3. The Hall–Kier alpha value is -1.42. The van der Waals surface area contributed by atoms with Gasteiger partial charge < -0.3 is 16.8 Å². The molecule has 14 heavy (non-hydrogen) atoms. The average Bonchev–Trinajstić information content (AvgIpc) is 2.14. The van der Waals surface area contributed by atoms with Crippen LogP contribution >= 0.6 is 11.6 Å². The van der Waals surface area contributed by atoms with Crippen molar-refractivity contribution in [1.82, 2.24) is 0 Å². The van der Waals surface area contributed by atoms with Gasteiger partial charge in [0.1, 0.15) is 5.02 Å². The van der Waals surface area contributed by atoms with Gasteiger partial charge in [-0.1, -0.05) is 17.7 Å². The summed E-state index contributed by atoms with van der Waals surface area (Å²) in [7, 11) is 0. The molecule has 0 aliphatic rings. The van der Waals surface area contributed by atoms with Gasteiger partial charge in [-0.2, -0.15) is 0 Å². The van der Waals surface area contributed by atoms with E-state index in [-0.39, 0.29) is 22.1 Å². The van der Waals surface area contributed by atoms with Gasteiger partial charge in [0.15, 0.2) is 5.82 Å². The maximum Gasteiger partial charge on any atom is 0.169 e. The maximum absolute atomic E-state index is 13.5. The zero-order valence-corrected chi connectivity index (χ0v) is 8.24. The summed E-state index contributed by atoms with van der Waals surface area (Å²) in [6.07, 6.45) is 1.59. The molecule has 5 N–H and O–H groups in total. The lowest BCUT2D eigenvalue weighted by Gasteiger charge is -2.11. The molecule has 0 spiro atoms. The Balaban J connectivity index is 3.15. The molecule has 0 unspecified atom stereocenters. The smallest absolute Gasteiger partial charge is 0.169 e. The van der Waals surface area contributed by atoms with E-state index in [1.165, 1.54) is 6.07 Å². The van der Waals surface area contributed by atoms with Crippen LogP contribution in [0.5, 0.6) is 0 Å². The van der Waals surface area contributed by atoms with Crippen molar-refractivity contribution >= 4 is 28.7 Å². The van der Waals surface area contributed by atoms with E-state index in [1.54, 1.807) is 6.08 Å². The van der Waals surface area contributed by atoms with E-state index in [9.17, 15) is 4.39 Å². The number of benzene rings is 1. The Morgan fingerprint density at radius 2 is 2.14 bits per heavy atom. The van der Waals surface area contributed by atoms with Crippen molar-refractivity contribution in [3.63, 3.8) is 0 Å². The topological polar surface area (TPSA) is 64.1 Å². The SMILES string of the molecule is C=CCNc1c(N)cc(N)c(Cl)c1F. The minimum atomic E-state index is -0.633. The van der Waals surface area contributed by atoms with Crippen LogP contribution in [0, 0.1) is 5.82 Å². The Morgan fingerprint density at radius 1 is 1.50 bits per heavy atom. The van der Waals surface area contributed by atoms with Crippen molar-refractivity contribution < 1.29 is 4.39 Å². The molecule has 5 heteroatoms. The Bertz CT molecular complexity index is 366. The fourth-order valence-corrected chi connectivity index (χ4v) is 1.17. The highest BCUT2D eigenvalue weighted by molar-refractivity contribution is 6.33. The number of hydrogen-bond acceptors (Lipinski definition) is 3. The van der Waals surface area contributed by atoms with Crippen LogP contribution in [0.15, 0.2) is 18.7 Å². The number of nitrogens with two attached hydrogens (primary N) is 2. The molecule has 3 nitrogen and oxygen atoms in total. The molecule has 0 aliphatic heterocycles.